The predicted octanol–water partition coefficient (Wildman–Crippen LogP) is 3.33. The van der Waals surface area contributed by atoms with Crippen LogP contribution in [0.25, 0.3) is 0 Å². The second-order valence-electron chi connectivity index (χ2n) is 4.55. The van der Waals surface area contributed by atoms with Gasteiger partial charge >= 0.3 is 0 Å². The highest BCUT2D eigenvalue weighted by molar-refractivity contribution is 5.59. The zero-order valence-electron chi connectivity index (χ0n) is 12.2. The number of anilines is 3. The van der Waals surface area contributed by atoms with E-state index in [0.29, 0.717) is 18.2 Å². The van der Waals surface area contributed by atoms with Gasteiger partial charge in [-0.05, 0) is 30.7 Å². The van der Waals surface area contributed by atoms with Crippen molar-refractivity contribution in [1.29, 1.82) is 0 Å². The van der Waals surface area contributed by atoms with E-state index in [1.165, 1.54) is 12.1 Å². The third kappa shape index (κ3) is 4.68. The van der Waals surface area contributed by atoms with Gasteiger partial charge in [-0.3, -0.25) is 0 Å². The van der Waals surface area contributed by atoms with Gasteiger partial charge in [0.25, 0.3) is 0 Å². The average Bonchev–Trinajstić information content (AvgIpc) is 2.48. The first-order valence-corrected chi connectivity index (χ1v) is 6.84. The van der Waals surface area contributed by atoms with Gasteiger partial charge in [0.2, 0.25) is 0 Å². The van der Waals surface area contributed by atoms with Crippen LogP contribution in [0, 0.1) is 5.82 Å². The largest absolute Gasteiger partial charge is 0.377 e. The maximum Gasteiger partial charge on any atom is 0.158 e. The highest BCUT2D eigenvalue weighted by Gasteiger charge is 2.05. The molecule has 21 heavy (non-hydrogen) atoms. The Kier molecular flexibility index (Phi) is 5.45. The van der Waals surface area contributed by atoms with Crippen molar-refractivity contribution in [2.75, 3.05) is 24.3 Å². The summed E-state index contributed by atoms with van der Waals surface area (Å²) in [4.78, 5) is 8.74. The van der Waals surface area contributed by atoms with Gasteiger partial charge in [0.05, 0.1) is 0 Å². The zero-order valence-corrected chi connectivity index (χ0v) is 12.2. The zero-order chi connectivity index (χ0) is 15.1. The van der Waals surface area contributed by atoms with Gasteiger partial charge in [-0.2, -0.15) is 0 Å². The van der Waals surface area contributed by atoms with Crippen molar-refractivity contribution in [2.24, 2.45) is 0 Å². The third-order valence-corrected chi connectivity index (χ3v) is 2.72. The molecule has 1 heterocycles. The van der Waals surface area contributed by atoms with Crippen LogP contribution in [-0.4, -0.2) is 23.6 Å². The minimum atomic E-state index is -0.270. The molecule has 0 aliphatic carbocycles. The minimum absolute atomic E-state index is 0.270. The SMILES string of the molecule is CCCNc1cc(Nc2ccc(F)cc2)nc(COC)n1. The third-order valence-electron chi connectivity index (χ3n) is 2.72. The Balaban J connectivity index is 2.19. The van der Waals surface area contributed by atoms with E-state index in [1.54, 1.807) is 19.2 Å². The number of nitrogens with zero attached hydrogens (tertiary/aromatic N) is 2. The van der Waals surface area contributed by atoms with Crippen LogP contribution in [0.1, 0.15) is 19.2 Å². The average molecular weight is 290 g/mol. The van der Waals surface area contributed by atoms with E-state index in [9.17, 15) is 4.39 Å². The molecule has 0 atom stereocenters. The molecule has 5 nitrogen and oxygen atoms in total. The number of halogens is 1. The monoisotopic (exact) mass is 290 g/mol. The second-order valence-corrected chi connectivity index (χ2v) is 4.55. The predicted molar refractivity (Wildman–Crippen MR) is 81.2 cm³/mol. The van der Waals surface area contributed by atoms with Crippen molar-refractivity contribution >= 4 is 17.3 Å². The van der Waals surface area contributed by atoms with Gasteiger partial charge in [0.15, 0.2) is 5.82 Å². The number of nitrogens with one attached hydrogen (secondary N) is 2. The molecular weight excluding hydrogens is 271 g/mol. The molecule has 0 aliphatic rings. The highest BCUT2D eigenvalue weighted by Crippen LogP contribution is 2.18. The molecule has 1 aromatic carbocycles. The lowest BCUT2D eigenvalue weighted by Crippen LogP contribution is -2.07. The molecule has 0 radical (unpaired) electrons. The number of ether oxygens (including phenoxy) is 1. The van der Waals surface area contributed by atoms with E-state index in [-0.39, 0.29) is 5.82 Å². The summed E-state index contributed by atoms with van der Waals surface area (Å²) in [5, 5.41) is 6.36. The number of rotatable bonds is 7. The summed E-state index contributed by atoms with van der Waals surface area (Å²) in [6.45, 7) is 3.25. The van der Waals surface area contributed by atoms with Crippen LogP contribution in [-0.2, 0) is 11.3 Å². The Morgan fingerprint density at radius 2 is 1.86 bits per heavy atom. The Bertz CT molecular complexity index is 574. The summed E-state index contributed by atoms with van der Waals surface area (Å²) in [5.41, 5.74) is 0.764. The van der Waals surface area contributed by atoms with E-state index in [4.69, 9.17) is 4.74 Å². The summed E-state index contributed by atoms with van der Waals surface area (Å²) in [6.07, 6.45) is 1.00. The molecule has 0 unspecified atom stereocenters. The molecule has 2 rings (SSSR count). The van der Waals surface area contributed by atoms with Crippen LogP contribution in [0.3, 0.4) is 0 Å². The number of aromatic nitrogens is 2. The van der Waals surface area contributed by atoms with Crippen LogP contribution >= 0.6 is 0 Å². The lowest BCUT2D eigenvalue weighted by Gasteiger charge is -2.11. The van der Waals surface area contributed by atoms with Gasteiger partial charge < -0.3 is 15.4 Å². The first-order valence-electron chi connectivity index (χ1n) is 6.84. The molecule has 0 spiro atoms. The Morgan fingerprint density at radius 1 is 1.14 bits per heavy atom. The standard InChI is InChI=1S/C15H19FN4O/c1-3-8-17-13-9-14(20-15(19-13)10-21-2)18-12-6-4-11(16)5-7-12/h4-7,9H,3,8,10H2,1-2H3,(H2,17,18,19,20). The number of hydrogen-bond acceptors (Lipinski definition) is 5. The fourth-order valence-electron chi connectivity index (χ4n) is 1.78. The van der Waals surface area contributed by atoms with Crippen molar-refractivity contribution < 1.29 is 9.13 Å². The quantitative estimate of drug-likeness (QED) is 0.819. The van der Waals surface area contributed by atoms with Gasteiger partial charge in [-0.15, -0.1) is 0 Å². The molecular formula is C15H19FN4O. The lowest BCUT2D eigenvalue weighted by molar-refractivity contribution is 0.178. The van der Waals surface area contributed by atoms with Gasteiger partial charge in [-0.25, -0.2) is 14.4 Å². The number of benzene rings is 1. The van der Waals surface area contributed by atoms with Crippen LogP contribution in [0.2, 0.25) is 0 Å². The van der Waals surface area contributed by atoms with Gasteiger partial charge in [0.1, 0.15) is 24.1 Å². The first kappa shape index (κ1) is 15.2. The fourth-order valence-corrected chi connectivity index (χ4v) is 1.78. The Hall–Kier alpha value is -2.21. The maximum absolute atomic E-state index is 12.9. The van der Waals surface area contributed by atoms with Crippen molar-refractivity contribution in [3.63, 3.8) is 0 Å². The molecule has 6 heteroatoms. The molecule has 0 bridgehead atoms. The molecule has 112 valence electrons. The van der Waals surface area contributed by atoms with E-state index in [0.717, 1.165) is 24.5 Å². The molecule has 2 N–H and O–H groups in total. The summed E-state index contributed by atoms with van der Waals surface area (Å²) < 4.78 is 18.0. The van der Waals surface area contributed by atoms with E-state index in [2.05, 4.69) is 27.5 Å². The summed E-state index contributed by atoms with van der Waals surface area (Å²) in [5.74, 6) is 1.70. The summed E-state index contributed by atoms with van der Waals surface area (Å²) >= 11 is 0. The van der Waals surface area contributed by atoms with Crippen LogP contribution in [0.4, 0.5) is 21.7 Å². The lowest BCUT2D eigenvalue weighted by atomic mass is 10.3. The second kappa shape index (κ2) is 7.54. The molecule has 1 aromatic heterocycles. The number of hydrogen-bond donors (Lipinski definition) is 2. The number of methoxy groups -OCH3 is 1. The van der Waals surface area contributed by atoms with Crippen LogP contribution < -0.4 is 10.6 Å². The van der Waals surface area contributed by atoms with E-state index in [1.807, 2.05) is 6.07 Å². The molecule has 0 saturated heterocycles. The fraction of sp³-hybridized carbons (Fsp3) is 0.333. The van der Waals surface area contributed by atoms with Crippen LogP contribution in [0.15, 0.2) is 30.3 Å². The van der Waals surface area contributed by atoms with Crippen molar-refractivity contribution in [3.05, 3.63) is 42.0 Å². The summed E-state index contributed by atoms with van der Waals surface area (Å²) in [6, 6.07) is 7.93. The minimum Gasteiger partial charge on any atom is -0.377 e. The molecule has 0 amide bonds. The van der Waals surface area contributed by atoms with Crippen molar-refractivity contribution in [3.8, 4) is 0 Å². The smallest absolute Gasteiger partial charge is 0.158 e. The van der Waals surface area contributed by atoms with Gasteiger partial charge in [-0.1, -0.05) is 6.92 Å². The highest BCUT2D eigenvalue weighted by atomic mass is 19.1. The summed E-state index contributed by atoms with van der Waals surface area (Å²) in [7, 11) is 1.60. The molecule has 0 aliphatic heterocycles. The van der Waals surface area contributed by atoms with Gasteiger partial charge in [0, 0.05) is 25.4 Å². The molecule has 0 saturated carbocycles. The van der Waals surface area contributed by atoms with Crippen molar-refractivity contribution in [1.82, 2.24) is 9.97 Å². The molecule has 2 aromatic rings. The Morgan fingerprint density at radius 3 is 2.52 bits per heavy atom. The van der Waals surface area contributed by atoms with E-state index >= 15 is 0 Å². The maximum atomic E-state index is 12.9. The van der Waals surface area contributed by atoms with Crippen molar-refractivity contribution in [2.45, 2.75) is 20.0 Å². The molecule has 0 fully saturated rings. The normalized spacial score (nSPS) is 10.4. The topological polar surface area (TPSA) is 59.1 Å². The van der Waals surface area contributed by atoms with E-state index < -0.39 is 0 Å². The van der Waals surface area contributed by atoms with Crippen LogP contribution in [0.5, 0.6) is 0 Å². The first-order chi connectivity index (χ1) is 10.2. The Labute approximate surface area is 123 Å².